The molecule has 0 atom stereocenters. The fourth-order valence-corrected chi connectivity index (χ4v) is 1.56. The molecule has 1 aromatic rings. The number of halogens is 2. The second kappa shape index (κ2) is 2.81. The third-order valence-electron chi connectivity index (χ3n) is 1.63. The Balaban J connectivity index is 3.46. The first-order chi connectivity index (χ1) is 5.04. The van der Waals surface area contributed by atoms with Gasteiger partial charge in [-0.2, -0.15) is 0 Å². The zero-order valence-electron chi connectivity index (χ0n) is 6.41. The molecular weight excluding hydrogens is 209 g/mol. The van der Waals surface area contributed by atoms with Crippen LogP contribution in [0.2, 0.25) is 0 Å². The van der Waals surface area contributed by atoms with Crippen LogP contribution in [0.4, 0.5) is 10.1 Å². The molecule has 0 amide bonds. The minimum atomic E-state index is -0.270. The second-order valence-electron chi connectivity index (χ2n) is 2.55. The molecule has 1 nitrogen and oxygen atoms in total. The molecule has 1 rings (SSSR count). The van der Waals surface area contributed by atoms with Crippen LogP contribution in [0.1, 0.15) is 11.1 Å². The third-order valence-corrected chi connectivity index (χ3v) is 2.41. The van der Waals surface area contributed by atoms with E-state index in [1.165, 1.54) is 0 Å². The van der Waals surface area contributed by atoms with Crippen LogP contribution in [0.5, 0.6) is 0 Å². The van der Waals surface area contributed by atoms with Gasteiger partial charge in [-0.15, -0.1) is 0 Å². The lowest BCUT2D eigenvalue weighted by Gasteiger charge is -2.06. The average molecular weight is 218 g/mol. The topological polar surface area (TPSA) is 26.0 Å². The van der Waals surface area contributed by atoms with Gasteiger partial charge in [0.25, 0.3) is 0 Å². The van der Waals surface area contributed by atoms with Gasteiger partial charge < -0.3 is 5.73 Å². The Hall–Kier alpha value is -0.570. The van der Waals surface area contributed by atoms with Gasteiger partial charge in [-0.05, 0) is 40.9 Å². The van der Waals surface area contributed by atoms with Crippen LogP contribution in [0, 0.1) is 19.7 Å². The fourth-order valence-electron chi connectivity index (χ4n) is 0.930. The van der Waals surface area contributed by atoms with Gasteiger partial charge in [-0.25, -0.2) is 4.39 Å². The molecule has 1 aromatic carbocycles. The minimum absolute atomic E-state index is 0.270. The van der Waals surface area contributed by atoms with Crippen molar-refractivity contribution in [2.45, 2.75) is 13.8 Å². The average Bonchev–Trinajstić information content (AvgIpc) is 1.97. The molecule has 11 heavy (non-hydrogen) atoms. The molecule has 0 aliphatic heterocycles. The SMILES string of the molecule is Cc1cc(C)c(F)c(Br)c1N. The predicted molar refractivity (Wildman–Crippen MR) is 48.0 cm³/mol. The molecule has 3 heteroatoms. The van der Waals surface area contributed by atoms with Crippen molar-refractivity contribution in [2.75, 3.05) is 5.73 Å². The van der Waals surface area contributed by atoms with Crippen molar-refractivity contribution in [1.82, 2.24) is 0 Å². The molecule has 0 saturated carbocycles. The number of hydrogen-bond acceptors (Lipinski definition) is 1. The number of benzene rings is 1. The van der Waals surface area contributed by atoms with Crippen molar-refractivity contribution < 1.29 is 4.39 Å². The van der Waals surface area contributed by atoms with E-state index in [4.69, 9.17) is 5.73 Å². The summed E-state index contributed by atoms with van der Waals surface area (Å²) in [5, 5.41) is 0. The molecule has 0 fully saturated rings. The van der Waals surface area contributed by atoms with E-state index < -0.39 is 0 Å². The van der Waals surface area contributed by atoms with Gasteiger partial charge in [0, 0.05) is 0 Å². The molecule has 0 bridgehead atoms. The van der Waals surface area contributed by atoms with Crippen molar-refractivity contribution >= 4 is 21.6 Å². The number of rotatable bonds is 0. The first-order valence-electron chi connectivity index (χ1n) is 3.24. The zero-order valence-corrected chi connectivity index (χ0v) is 8.00. The molecule has 0 spiro atoms. The van der Waals surface area contributed by atoms with E-state index in [0.29, 0.717) is 15.7 Å². The highest BCUT2D eigenvalue weighted by Gasteiger charge is 2.08. The maximum atomic E-state index is 13.0. The molecule has 0 aliphatic carbocycles. The standard InChI is InChI=1S/C8H9BrFN/c1-4-3-5(2)8(11)6(9)7(4)10/h3H,11H2,1-2H3. The Morgan fingerprint density at radius 2 is 1.91 bits per heavy atom. The summed E-state index contributed by atoms with van der Waals surface area (Å²) in [6, 6.07) is 1.73. The molecule has 60 valence electrons. The lowest BCUT2D eigenvalue weighted by Crippen LogP contribution is -1.95. The zero-order chi connectivity index (χ0) is 8.59. The van der Waals surface area contributed by atoms with Crippen LogP contribution in [-0.4, -0.2) is 0 Å². The Kier molecular flexibility index (Phi) is 2.18. The van der Waals surface area contributed by atoms with Gasteiger partial charge >= 0.3 is 0 Å². The van der Waals surface area contributed by atoms with E-state index in [2.05, 4.69) is 15.9 Å². The molecule has 0 radical (unpaired) electrons. The lowest BCUT2D eigenvalue weighted by atomic mass is 10.1. The smallest absolute Gasteiger partial charge is 0.142 e. The Labute approximate surface area is 73.5 Å². The van der Waals surface area contributed by atoms with Crippen molar-refractivity contribution in [3.63, 3.8) is 0 Å². The molecule has 0 saturated heterocycles. The Morgan fingerprint density at radius 3 is 2.45 bits per heavy atom. The summed E-state index contributed by atoms with van der Waals surface area (Å²) in [4.78, 5) is 0. The van der Waals surface area contributed by atoms with Crippen molar-refractivity contribution in [3.8, 4) is 0 Å². The van der Waals surface area contributed by atoms with E-state index in [1.807, 2.05) is 6.92 Å². The monoisotopic (exact) mass is 217 g/mol. The largest absolute Gasteiger partial charge is 0.398 e. The lowest BCUT2D eigenvalue weighted by molar-refractivity contribution is 0.612. The summed E-state index contributed by atoms with van der Waals surface area (Å²) in [6.45, 7) is 3.57. The normalized spacial score (nSPS) is 10.2. The van der Waals surface area contributed by atoms with Crippen LogP contribution >= 0.6 is 15.9 Å². The van der Waals surface area contributed by atoms with Crippen LogP contribution < -0.4 is 5.73 Å². The number of aryl methyl sites for hydroxylation is 2. The quantitative estimate of drug-likeness (QED) is 0.665. The highest BCUT2D eigenvalue weighted by Crippen LogP contribution is 2.28. The summed E-state index contributed by atoms with van der Waals surface area (Å²) in [5.74, 6) is -0.270. The Morgan fingerprint density at radius 1 is 1.36 bits per heavy atom. The van der Waals surface area contributed by atoms with Gasteiger partial charge in [0.15, 0.2) is 0 Å². The van der Waals surface area contributed by atoms with Crippen molar-refractivity contribution in [1.29, 1.82) is 0 Å². The van der Waals surface area contributed by atoms with E-state index in [-0.39, 0.29) is 5.82 Å². The van der Waals surface area contributed by atoms with Crippen LogP contribution in [0.3, 0.4) is 0 Å². The molecule has 0 aromatic heterocycles. The van der Waals surface area contributed by atoms with Gasteiger partial charge in [0.2, 0.25) is 0 Å². The summed E-state index contributed by atoms with van der Waals surface area (Å²) < 4.78 is 13.4. The predicted octanol–water partition coefficient (Wildman–Crippen LogP) is 2.79. The van der Waals surface area contributed by atoms with Gasteiger partial charge in [-0.1, -0.05) is 6.07 Å². The number of nitrogen functional groups attached to an aromatic ring is 1. The second-order valence-corrected chi connectivity index (χ2v) is 3.35. The third kappa shape index (κ3) is 1.38. The van der Waals surface area contributed by atoms with Gasteiger partial charge in [0.1, 0.15) is 5.82 Å². The first-order valence-corrected chi connectivity index (χ1v) is 4.04. The summed E-state index contributed by atoms with van der Waals surface area (Å²) >= 11 is 3.08. The van der Waals surface area contributed by atoms with E-state index in [0.717, 1.165) is 5.56 Å². The number of anilines is 1. The van der Waals surface area contributed by atoms with Crippen molar-refractivity contribution in [3.05, 3.63) is 27.5 Å². The summed E-state index contributed by atoms with van der Waals surface area (Å²) in [6.07, 6.45) is 0. The van der Waals surface area contributed by atoms with Crippen molar-refractivity contribution in [2.24, 2.45) is 0 Å². The number of hydrogen-bond donors (Lipinski definition) is 1. The van der Waals surface area contributed by atoms with E-state index in [1.54, 1.807) is 13.0 Å². The summed E-state index contributed by atoms with van der Waals surface area (Å²) in [5.41, 5.74) is 7.56. The number of nitrogens with two attached hydrogens (primary N) is 1. The van der Waals surface area contributed by atoms with Crippen LogP contribution in [0.15, 0.2) is 10.5 Å². The maximum absolute atomic E-state index is 13.0. The summed E-state index contributed by atoms with van der Waals surface area (Å²) in [7, 11) is 0. The molecule has 0 unspecified atom stereocenters. The van der Waals surface area contributed by atoms with Gasteiger partial charge in [0.05, 0.1) is 10.2 Å². The maximum Gasteiger partial charge on any atom is 0.142 e. The first kappa shape index (κ1) is 8.53. The highest BCUT2D eigenvalue weighted by atomic mass is 79.9. The fraction of sp³-hybridized carbons (Fsp3) is 0.250. The van der Waals surface area contributed by atoms with Gasteiger partial charge in [-0.3, -0.25) is 0 Å². The molecule has 0 aliphatic rings. The highest BCUT2D eigenvalue weighted by molar-refractivity contribution is 9.10. The van der Waals surface area contributed by atoms with Crippen LogP contribution in [-0.2, 0) is 0 Å². The Bertz CT molecular complexity index is 270. The minimum Gasteiger partial charge on any atom is -0.398 e. The van der Waals surface area contributed by atoms with E-state index in [9.17, 15) is 4.39 Å². The van der Waals surface area contributed by atoms with E-state index >= 15 is 0 Å². The molecule has 2 N–H and O–H groups in total. The molecular formula is C8H9BrFN. The molecule has 0 heterocycles. The van der Waals surface area contributed by atoms with Crippen LogP contribution in [0.25, 0.3) is 0 Å².